The van der Waals surface area contributed by atoms with Gasteiger partial charge >= 0.3 is 0 Å². The van der Waals surface area contributed by atoms with Crippen LogP contribution in [0.4, 0.5) is 0 Å². The van der Waals surface area contributed by atoms with E-state index in [-0.39, 0.29) is 16.4 Å². The number of benzene rings is 1. The Morgan fingerprint density at radius 3 is 2.56 bits per heavy atom. The maximum atomic E-state index is 12.1. The van der Waals surface area contributed by atoms with Gasteiger partial charge in [0.15, 0.2) is 0 Å². The highest BCUT2D eigenvalue weighted by molar-refractivity contribution is 8.06. The lowest BCUT2D eigenvalue weighted by molar-refractivity contribution is 0.605. The van der Waals surface area contributed by atoms with Gasteiger partial charge in [-0.3, -0.25) is 5.41 Å². The van der Waals surface area contributed by atoms with Gasteiger partial charge in [-0.05, 0) is 44.0 Å². The minimum atomic E-state index is -3.63. The van der Waals surface area contributed by atoms with Crippen molar-refractivity contribution in [3.8, 4) is 0 Å². The van der Waals surface area contributed by atoms with Crippen LogP contribution >= 0.6 is 0 Å². The average molecular weight is 266 g/mol. The standard InChI is InChI=1S/C13H18N2O2S/c1-11-7-4-5-8-12(11)18(16,17)13(15)9-3-2-6-10-14/h4-5,7-8,10,14-15H,2-3,6,9H2,1H3. The Hall–Kier alpha value is -1.49. The van der Waals surface area contributed by atoms with E-state index in [0.717, 1.165) is 6.42 Å². The lowest BCUT2D eigenvalue weighted by Gasteiger charge is -2.08. The first kappa shape index (κ1) is 14.6. The van der Waals surface area contributed by atoms with Crippen LogP contribution < -0.4 is 0 Å². The molecular formula is C13H18N2O2S. The molecule has 4 nitrogen and oxygen atoms in total. The topological polar surface area (TPSA) is 81.8 Å². The highest BCUT2D eigenvalue weighted by atomic mass is 32.2. The Morgan fingerprint density at radius 2 is 1.94 bits per heavy atom. The molecule has 0 saturated heterocycles. The first-order chi connectivity index (χ1) is 8.50. The Morgan fingerprint density at radius 1 is 1.28 bits per heavy atom. The molecule has 0 fully saturated rings. The average Bonchev–Trinajstić information content (AvgIpc) is 2.34. The second kappa shape index (κ2) is 6.44. The molecule has 0 bridgehead atoms. The number of sulfone groups is 1. The maximum Gasteiger partial charge on any atom is 0.219 e. The molecule has 18 heavy (non-hydrogen) atoms. The summed E-state index contributed by atoms with van der Waals surface area (Å²) >= 11 is 0. The normalized spacial score (nSPS) is 11.2. The van der Waals surface area contributed by atoms with Gasteiger partial charge in [-0.2, -0.15) is 0 Å². The van der Waals surface area contributed by atoms with E-state index in [9.17, 15) is 8.42 Å². The van der Waals surface area contributed by atoms with Crippen LogP contribution in [0, 0.1) is 17.7 Å². The molecule has 0 atom stereocenters. The van der Waals surface area contributed by atoms with Gasteiger partial charge in [0.2, 0.25) is 9.84 Å². The Bertz CT molecular complexity index is 536. The number of aryl methyl sites for hydroxylation is 1. The van der Waals surface area contributed by atoms with Crippen LogP contribution in [0.5, 0.6) is 0 Å². The van der Waals surface area contributed by atoms with Crippen LogP contribution in [0.15, 0.2) is 29.2 Å². The first-order valence-corrected chi connectivity index (χ1v) is 7.35. The zero-order valence-corrected chi connectivity index (χ0v) is 11.3. The summed E-state index contributed by atoms with van der Waals surface area (Å²) in [5.74, 6) is 0. The third-order valence-electron chi connectivity index (χ3n) is 2.71. The minimum absolute atomic E-state index is 0.224. The fourth-order valence-electron chi connectivity index (χ4n) is 1.66. The van der Waals surface area contributed by atoms with Crippen molar-refractivity contribution >= 4 is 21.1 Å². The van der Waals surface area contributed by atoms with Gasteiger partial charge in [-0.1, -0.05) is 18.2 Å². The molecule has 0 aromatic heterocycles. The van der Waals surface area contributed by atoms with Crippen molar-refractivity contribution < 1.29 is 8.42 Å². The quantitative estimate of drug-likeness (QED) is 0.471. The van der Waals surface area contributed by atoms with E-state index < -0.39 is 9.84 Å². The number of nitrogens with one attached hydrogen (secondary N) is 2. The third kappa shape index (κ3) is 3.50. The zero-order chi connectivity index (χ0) is 13.6. The predicted molar refractivity (Wildman–Crippen MR) is 73.3 cm³/mol. The van der Waals surface area contributed by atoms with E-state index in [1.54, 1.807) is 25.1 Å². The SMILES string of the molecule is Cc1ccccc1S(=O)(=O)C(=N)CCCCC=N. The van der Waals surface area contributed by atoms with E-state index in [0.29, 0.717) is 18.4 Å². The lowest BCUT2D eigenvalue weighted by Crippen LogP contribution is -2.15. The summed E-state index contributed by atoms with van der Waals surface area (Å²) in [6.07, 6.45) is 3.55. The first-order valence-electron chi connectivity index (χ1n) is 5.87. The number of hydrogen-bond acceptors (Lipinski definition) is 4. The molecule has 1 aromatic rings. The smallest absolute Gasteiger partial charge is 0.219 e. The molecule has 1 rings (SSSR count). The molecule has 0 radical (unpaired) electrons. The van der Waals surface area contributed by atoms with Crippen LogP contribution in [0.3, 0.4) is 0 Å². The van der Waals surface area contributed by atoms with Gasteiger partial charge in [0.05, 0.1) is 4.90 Å². The summed E-state index contributed by atoms with van der Waals surface area (Å²) in [5.41, 5.74) is 0.668. The highest BCUT2D eigenvalue weighted by Gasteiger charge is 2.21. The van der Waals surface area contributed by atoms with Gasteiger partial charge in [-0.15, -0.1) is 0 Å². The summed E-state index contributed by atoms with van der Waals surface area (Å²) in [6, 6.07) is 6.72. The molecule has 0 aliphatic carbocycles. The molecule has 0 unspecified atom stereocenters. The highest BCUT2D eigenvalue weighted by Crippen LogP contribution is 2.18. The molecule has 0 amide bonds. The maximum absolute atomic E-state index is 12.1. The van der Waals surface area contributed by atoms with Crippen LogP contribution in [0.2, 0.25) is 0 Å². The molecule has 1 aromatic carbocycles. The summed E-state index contributed by atoms with van der Waals surface area (Å²) in [6.45, 7) is 1.73. The predicted octanol–water partition coefficient (Wildman–Crippen LogP) is 2.96. The van der Waals surface area contributed by atoms with Crippen molar-refractivity contribution in [2.75, 3.05) is 0 Å². The van der Waals surface area contributed by atoms with E-state index in [2.05, 4.69) is 0 Å². The number of unbranched alkanes of at least 4 members (excludes halogenated alkanes) is 2. The largest absolute Gasteiger partial charge is 0.313 e. The number of rotatable bonds is 6. The summed E-state index contributed by atoms with van der Waals surface area (Å²) in [4.78, 5) is 0.224. The molecule has 0 aliphatic heterocycles. The Kier molecular flexibility index (Phi) is 5.22. The fraction of sp³-hybridized carbons (Fsp3) is 0.385. The van der Waals surface area contributed by atoms with Gasteiger partial charge in [0, 0.05) is 6.42 Å². The van der Waals surface area contributed by atoms with E-state index in [4.69, 9.17) is 10.8 Å². The lowest BCUT2D eigenvalue weighted by atomic mass is 10.2. The van der Waals surface area contributed by atoms with Crippen molar-refractivity contribution in [1.29, 1.82) is 10.8 Å². The molecule has 0 spiro atoms. The summed E-state index contributed by atoms with van der Waals surface area (Å²) in [7, 11) is -3.63. The van der Waals surface area contributed by atoms with Crippen LogP contribution in [-0.4, -0.2) is 19.7 Å². The molecule has 5 heteroatoms. The van der Waals surface area contributed by atoms with Crippen molar-refractivity contribution in [2.24, 2.45) is 0 Å². The monoisotopic (exact) mass is 266 g/mol. The van der Waals surface area contributed by atoms with Crippen molar-refractivity contribution in [3.05, 3.63) is 29.8 Å². The van der Waals surface area contributed by atoms with Crippen LogP contribution in [-0.2, 0) is 9.84 Å². The van der Waals surface area contributed by atoms with E-state index in [1.807, 2.05) is 0 Å². The zero-order valence-electron chi connectivity index (χ0n) is 10.4. The Labute approximate surface area is 108 Å². The van der Waals surface area contributed by atoms with Gasteiger partial charge in [-0.25, -0.2) is 8.42 Å². The summed E-state index contributed by atoms with van der Waals surface area (Å²) < 4.78 is 24.3. The van der Waals surface area contributed by atoms with E-state index in [1.165, 1.54) is 12.3 Å². The second-order valence-corrected chi connectivity index (χ2v) is 6.08. The number of hydrogen-bond donors (Lipinski definition) is 2. The minimum Gasteiger partial charge on any atom is -0.313 e. The van der Waals surface area contributed by atoms with Crippen molar-refractivity contribution in [3.63, 3.8) is 0 Å². The van der Waals surface area contributed by atoms with Crippen molar-refractivity contribution in [2.45, 2.75) is 37.5 Å². The van der Waals surface area contributed by atoms with Gasteiger partial charge in [0.1, 0.15) is 5.04 Å². The van der Waals surface area contributed by atoms with Crippen LogP contribution in [0.25, 0.3) is 0 Å². The van der Waals surface area contributed by atoms with Crippen molar-refractivity contribution in [1.82, 2.24) is 0 Å². The van der Waals surface area contributed by atoms with Gasteiger partial charge in [0.25, 0.3) is 0 Å². The summed E-state index contributed by atoms with van der Waals surface area (Å²) in [5, 5.41) is 14.4. The molecule has 0 saturated carbocycles. The molecule has 2 N–H and O–H groups in total. The molecular weight excluding hydrogens is 248 g/mol. The van der Waals surface area contributed by atoms with Gasteiger partial charge < -0.3 is 5.41 Å². The molecule has 0 heterocycles. The fourth-order valence-corrected chi connectivity index (χ4v) is 3.09. The second-order valence-electron chi connectivity index (χ2n) is 4.14. The Balaban J connectivity index is 2.78. The molecule has 0 aliphatic rings. The molecule has 98 valence electrons. The van der Waals surface area contributed by atoms with Crippen LogP contribution in [0.1, 0.15) is 31.2 Å². The van der Waals surface area contributed by atoms with E-state index >= 15 is 0 Å². The third-order valence-corrected chi connectivity index (χ3v) is 4.60.